The van der Waals surface area contributed by atoms with E-state index in [9.17, 15) is 8.78 Å². The van der Waals surface area contributed by atoms with Crippen molar-refractivity contribution in [3.8, 4) is 11.1 Å². The molecule has 2 N–H and O–H groups in total. The first-order valence-corrected chi connectivity index (χ1v) is 9.01. The number of aromatic amines is 1. The van der Waals surface area contributed by atoms with E-state index in [0.717, 1.165) is 29.4 Å². The van der Waals surface area contributed by atoms with Crippen LogP contribution in [0.25, 0.3) is 27.8 Å². The first kappa shape index (κ1) is 17.1. The maximum absolute atomic E-state index is 13.2. The number of fused-ring (bicyclic) bond motifs is 2. The number of aromatic nitrogens is 5. The number of halogens is 2. The van der Waals surface area contributed by atoms with Gasteiger partial charge in [0.25, 0.3) is 6.43 Å². The maximum atomic E-state index is 13.2. The molecule has 0 radical (unpaired) electrons. The zero-order valence-corrected chi connectivity index (χ0v) is 15.1. The Kier molecular flexibility index (Phi) is 3.97. The summed E-state index contributed by atoms with van der Waals surface area (Å²) in [4.78, 5) is 16.1. The van der Waals surface area contributed by atoms with E-state index in [2.05, 4.69) is 25.3 Å². The van der Waals surface area contributed by atoms with Crippen LogP contribution in [0.4, 0.5) is 14.7 Å². The number of pyridine rings is 1. The van der Waals surface area contributed by atoms with Crippen molar-refractivity contribution in [2.24, 2.45) is 0 Å². The molecule has 9 heteroatoms. The van der Waals surface area contributed by atoms with Gasteiger partial charge in [0.1, 0.15) is 17.0 Å². The molecule has 0 unspecified atom stereocenters. The van der Waals surface area contributed by atoms with E-state index in [0.29, 0.717) is 29.4 Å². The molecule has 7 nitrogen and oxygen atoms in total. The summed E-state index contributed by atoms with van der Waals surface area (Å²) in [5, 5.41) is 4.13. The van der Waals surface area contributed by atoms with Crippen LogP contribution in [0.2, 0.25) is 0 Å². The Balaban J connectivity index is 1.46. The number of hydrogen-bond donors (Lipinski definition) is 2. The number of nitrogens with zero attached hydrogens (tertiary/aromatic N) is 4. The highest BCUT2D eigenvalue weighted by atomic mass is 19.3. The van der Waals surface area contributed by atoms with Crippen LogP contribution < -0.4 is 5.32 Å². The van der Waals surface area contributed by atoms with Gasteiger partial charge in [-0.3, -0.25) is 4.40 Å². The number of H-pyrrole nitrogens is 1. The lowest BCUT2D eigenvalue weighted by molar-refractivity contribution is 0.0327. The number of ether oxygens (including phenoxy) is 1. The highest BCUT2D eigenvalue weighted by Crippen LogP contribution is 2.30. The van der Waals surface area contributed by atoms with Crippen molar-refractivity contribution in [3.63, 3.8) is 0 Å². The summed E-state index contributed by atoms with van der Waals surface area (Å²) >= 11 is 0. The highest BCUT2D eigenvalue weighted by molar-refractivity contribution is 5.93. The van der Waals surface area contributed by atoms with E-state index in [1.54, 1.807) is 25.6 Å². The number of nitrogens with one attached hydrogen (secondary N) is 2. The molecule has 0 amide bonds. The fraction of sp³-hybridized carbons (Fsp3) is 0.316. The van der Waals surface area contributed by atoms with Gasteiger partial charge in [-0.25, -0.2) is 18.7 Å². The number of alkyl halides is 2. The molecule has 1 saturated carbocycles. The van der Waals surface area contributed by atoms with E-state index in [1.807, 2.05) is 12.3 Å². The van der Waals surface area contributed by atoms with Gasteiger partial charge < -0.3 is 15.0 Å². The summed E-state index contributed by atoms with van der Waals surface area (Å²) in [6, 6.07) is 3.89. The smallest absolute Gasteiger partial charge is 0.280 e. The molecule has 4 heterocycles. The van der Waals surface area contributed by atoms with Gasteiger partial charge in [0.05, 0.1) is 12.3 Å². The molecule has 0 saturated heterocycles. The second-order valence-corrected chi connectivity index (χ2v) is 6.96. The molecule has 4 aromatic heterocycles. The molecule has 0 aromatic carbocycles. The minimum atomic E-state index is -2.59. The van der Waals surface area contributed by atoms with E-state index in [1.165, 1.54) is 10.6 Å². The maximum Gasteiger partial charge on any atom is 0.280 e. The predicted molar refractivity (Wildman–Crippen MR) is 100 cm³/mol. The first-order valence-electron chi connectivity index (χ1n) is 9.01. The van der Waals surface area contributed by atoms with Crippen LogP contribution in [0.1, 0.15) is 25.0 Å². The monoisotopic (exact) mass is 384 g/mol. The first-order chi connectivity index (χ1) is 13.6. The molecular formula is C19H18F2N6O. The Morgan fingerprint density at radius 1 is 1.25 bits per heavy atom. The number of anilines is 1. The third-order valence-corrected chi connectivity index (χ3v) is 5.26. The normalized spacial score (nSPS) is 19.4. The van der Waals surface area contributed by atoms with Gasteiger partial charge in [0, 0.05) is 48.3 Å². The van der Waals surface area contributed by atoms with Crippen molar-refractivity contribution in [2.45, 2.75) is 31.4 Å². The fourth-order valence-electron chi connectivity index (χ4n) is 3.59. The second kappa shape index (κ2) is 6.52. The van der Waals surface area contributed by atoms with E-state index < -0.39 is 6.43 Å². The Hall–Kier alpha value is -3.07. The van der Waals surface area contributed by atoms with Crippen molar-refractivity contribution < 1.29 is 13.5 Å². The second-order valence-electron chi connectivity index (χ2n) is 6.96. The SMILES string of the molecule is CO[C@H]1C[C@@H](Nc2ncc3c(-c4ccc5ncc(C(F)F)n5c4)c[nH]c3n2)C1. The summed E-state index contributed by atoms with van der Waals surface area (Å²) in [6.07, 6.45) is 6.01. The van der Waals surface area contributed by atoms with Crippen molar-refractivity contribution in [3.05, 3.63) is 42.6 Å². The molecule has 144 valence electrons. The Morgan fingerprint density at radius 3 is 2.89 bits per heavy atom. The van der Waals surface area contributed by atoms with Gasteiger partial charge >= 0.3 is 0 Å². The van der Waals surface area contributed by atoms with Crippen LogP contribution in [-0.2, 0) is 4.74 Å². The van der Waals surface area contributed by atoms with Gasteiger partial charge in [0.15, 0.2) is 0 Å². The predicted octanol–water partition coefficient (Wildman–Crippen LogP) is 3.80. The Morgan fingerprint density at radius 2 is 2.11 bits per heavy atom. The standard InChI is InChI=1S/C19H18F2N6O/c1-28-12-4-11(5-12)25-19-24-7-14-13(6-23-18(14)26-19)10-2-3-16-22-8-15(17(20)21)27(16)9-10/h2-3,6-9,11-12,17H,4-5H2,1H3,(H2,23,24,25,26)/t11-,12+. The molecule has 5 rings (SSSR count). The van der Waals surface area contributed by atoms with Crippen LogP contribution in [-0.4, -0.2) is 43.6 Å². The van der Waals surface area contributed by atoms with Crippen molar-refractivity contribution >= 4 is 22.6 Å². The molecule has 1 aliphatic rings. The third-order valence-electron chi connectivity index (χ3n) is 5.26. The van der Waals surface area contributed by atoms with Gasteiger partial charge in [-0.2, -0.15) is 4.98 Å². The third kappa shape index (κ3) is 2.78. The largest absolute Gasteiger partial charge is 0.381 e. The molecule has 0 aliphatic heterocycles. The molecule has 1 aliphatic carbocycles. The van der Waals surface area contributed by atoms with Crippen molar-refractivity contribution in [2.75, 3.05) is 12.4 Å². The lowest BCUT2D eigenvalue weighted by Crippen LogP contribution is -2.40. The van der Waals surface area contributed by atoms with Crippen LogP contribution >= 0.6 is 0 Å². The molecule has 0 bridgehead atoms. The number of methoxy groups -OCH3 is 1. The zero-order chi connectivity index (χ0) is 19.3. The average Bonchev–Trinajstić information content (AvgIpc) is 3.27. The van der Waals surface area contributed by atoms with E-state index >= 15 is 0 Å². The molecule has 28 heavy (non-hydrogen) atoms. The van der Waals surface area contributed by atoms with Gasteiger partial charge in [-0.1, -0.05) is 0 Å². The summed E-state index contributed by atoms with van der Waals surface area (Å²) < 4.78 is 33.1. The summed E-state index contributed by atoms with van der Waals surface area (Å²) in [5.41, 5.74) is 2.67. The topological polar surface area (TPSA) is 80.1 Å². The lowest BCUT2D eigenvalue weighted by Gasteiger charge is -2.34. The number of rotatable bonds is 5. The van der Waals surface area contributed by atoms with Gasteiger partial charge in [0.2, 0.25) is 5.95 Å². The van der Waals surface area contributed by atoms with Crippen molar-refractivity contribution in [1.29, 1.82) is 0 Å². The Labute approximate surface area is 158 Å². The van der Waals surface area contributed by atoms with E-state index in [4.69, 9.17) is 4.74 Å². The van der Waals surface area contributed by atoms with Crippen molar-refractivity contribution in [1.82, 2.24) is 24.3 Å². The fourth-order valence-corrected chi connectivity index (χ4v) is 3.59. The molecule has 4 aromatic rings. The van der Waals surface area contributed by atoms with Crippen LogP contribution in [0.15, 0.2) is 36.9 Å². The molecular weight excluding hydrogens is 366 g/mol. The molecule has 0 atom stereocenters. The van der Waals surface area contributed by atoms with Crippen LogP contribution in [0, 0.1) is 0 Å². The number of imidazole rings is 1. The summed E-state index contributed by atoms with van der Waals surface area (Å²) in [7, 11) is 1.72. The lowest BCUT2D eigenvalue weighted by atomic mass is 9.89. The number of hydrogen-bond acceptors (Lipinski definition) is 5. The zero-order valence-electron chi connectivity index (χ0n) is 15.1. The average molecular weight is 384 g/mol. The minimum Gasteiger partial charge on any atom is -0.381 e. The van der Waals surface area contributed by atoms with E-state index in [-0.39, 0.29) is 5.69 Å². The Bertz CT molecular complexity index is 1150. The van der Waals surface area contributed by atoms with Gasteiger partial charge in [-0.05, 0) is 25.0 Å². The van der Waals surface area contributed by atoms with Crippen LogP contribution in [0.5, 0.6) is 0 Å². The van der Waals surface area contributed by atoms with Gasteiger partial charge in [-0.15, -0.1) is 0 Å². The summed E-state index contributed by atoms with van der Waals surface area (Å²) in [5.74, 6) is 0.561. The molecule has 1 fully saturated rings. The minimum absolute atomic E-state index is 0.130. The highest BCUT2D eigenvalue weighted by Gasteiger charge is 2.29. The molecule has 0 spiro atoms. The quantitative estimate of drug-likeness (QED) is 0.547. The van der Waals surface area contributed by atoms with Crippen LogP contribution in [0.3, 0.4) is 0 Å². The summed E-state index contributed by atoms with van der Waals surface area (Å²) in [6.45, 7) is 0.